The van der Waals surface area contributed by atoms with Crippen LogP contribution in [0.1, 0.15) is 5.56 Å². The van der Waals surface area contributed by atoms with Crippen molar-refractivity contribution in [1.29, 1.82) is 0 Å². The average molecular weight is 172 g/mol. The van der Waals surface area contributed by atoms with Gasteiger partial charge in [0.25, 0.3) is 0 Å². The number of furan rings is 1. The highest BCUT2D eigenvalue weighted by Gasteiger charge is 1.98. The maximum absolute atomic E-state index is 10.1. The van der Waals surface area contributed by atoms with E-state index in [1.165, 1.54) is 11.8 Å². The minimum Gasteiger partial charge on any atom is -0.481 e. The topological polar surface area (TPSA) is 50.4 Å². The molecule has 0 unspecified atom stereocenters. The third-order valence-electron chi connectivity index (χ3n) is 1.07. The third-order valence-corrected chi connectivity index (χ3v) is 2.06. The summed E-state index contributed by atoms with van der Waals surface area (Å²) in [6.45, 7) is 0. The fourth-order valence-corrected chi connectivity index (χ4v) is 1.31. The molecule has 4 heteroatoms. The van der Waals surface area contributed by atoms with Gasteiger partial charge in [-0.15, -0.1) is 11.8 Å². The van der Waals surface area contributed by atoms with Crippen molar-refractivity contribution in [1.82, 2.24) is 0 Å². The van der Waals surface area contributed by atoms with Crippen molar-refractivity contribution in [2.45, 2.75) is 5.75 Å². The first-order chi connectivity index (χ1) is 5.29. The van der Waals surface area contributed by atoms with Gasteiger partial charge in [0.2, 0.25) is 0 Å². The predicted molar refractivity (Wildman–Crippen MR) is 42.5 cm³/mol. The van der Waals surface area contributed by atoms with Gasteiger partial charge < -0.3 is 9.52 Å². The number of carboxylic acid groups (broad SMARTS) is 1. The Bertz CT molecular complexity index is 218. The number of hydrogen-bond donors (Lipinski definition) is 1. The van der Waals surface area contributed by atoms with Crippen molar-refractivity contribution in [2.75, 3.05) is 5.75 Å². The van der Waals surface area contributed by atoms with E-state index in [4.69, 9.17) is 9.52 Å². The molecule has 0 saturated heterocycles. The number of rotatable bonds is 4. The zero-order chi connectivity index (χ0) is 8.10. The van der Waals surface area contributed by atoms with E-state index < -0.39 is 5.97 Å². The Morgan fingerprint density at radius 2 is 2.55 bits per heavy atom. The molecular formula is C7H8O3S. The molecule has 0 aliphatic heterocycles. The van der Waals surface area contributed by atoms with Crippen molar-refractivity contribution >= 4 is 17.7 Å². The van der Waals surface area contributed by atoms with Gasteiger partial charge in [-0.3, -0.25) is 4.79 Å². The van der Waals surface area contributed by atoms with Crippen LogP contribution in [0.5, 0.6) is 0 Å². The molecule has 0 bridgehead atoms. The lowest BCUT2D eigenvalue weighted by Gasteiger charge is -1.92. The summed E-state index contributed by atoms with van der Waals surface area (Å²) < 4.78 is 4.81. The highest BCUT2D eigenvalue weighted by atomic mass is 32.2. The second-order valence-corrected chi connectivity index (χ2v) is 3.00. The van der Waals surface area contributed by atoms with E-state index in [0.29, 0.717) is 5.75 Å². The van der Waals surface area contributed by atoms with Gasteiger partial charge in [-0.25, -0.2) is 0 Å². The molecule has 3 nitrogen and oxygen atoms in total. The fraction of sp³-hybridized carbons (Fsp3) is 0.286. The van der Waals surface area contributed by atoms with E-state index in [0.717, 1.165) is 5.56 Å². The van der Waals surface area contributed by atoms with E-state index in [9.17, 15) is 4.79 Å². The first-order valence-electron chi connectivity index (χ1n) is 3.09. The van der Waals surface area contributed by atoms with Gasteiger partial charge in [0.05, 0.1) is 18.3 Å². The van der Waals surface area contributed by atoms with Crippen LogP contribution < -0.4 is 0 Å². The smallest absolute Gasteiger partial charge is 0.313 e. The highest BCUT2D eigenvalue weighted by molar-refractivity contribution is 7.99. The van der Waals surface area contributed by atoms with Crippen LogP contribution in [-0.2, 0) is 10.5 Å². The SMILES string of the molecule is O=C(O)CSCc1ccoc1. The molecule has 0 saturated carbocycles. The third kappa shape index (κ3) is 3.13. The minimum absolute atomic E-state index is 0.144. The van der Waals surface area contributed by atoms with E-state index in [1.807, 2.05) is 6.07 Å². The fourth-order valence-electron chi connectivity index (χ4n) is 0.631. The first-order valence-corrected chi connectivity index (χ1v) is 4.25. The van der Waals surface area contributed by atoms with Crippen LogP contribution >= 0.6 is 11.8 Å². The molecule has 60 valence electrons. The summed E-state index contributed by atoms with van der Waals surface area (Å²) >= 11 is 1.36. The first kappa shape index (κ1) is 8.20. The molecule has 0 spiro atoms. The Morgan fingerprint density at radius 1 is 1.73 bits per heavy atom. The second-order valence-electron chi connectivity index (χ2n) is 2.02. The van der Waals surface area contributed by atoms with Gasteiger partial charge in [0.1, 0.15) is 0 Å². The quantitative estimate of drug-likeness (QED) is 0.749. The largest absolute Gasteiger partial charge is 0.481 e. The van der Waals surface area contributed by atoms with Gasteiger partial charge in [-0.05, 0) is 6.07 Å². The predicted octanol–water partition coefficient (Wildman–Crippen LogP) is 1.60. The van der Waals surface area contributed by atoms with Crippen molar-refractivity contribution in [2.24, 2.45) is 0 Å². The Morgan fingerprint density at radius 3 is 3.09 bits per heavy atom. The van der Waals surface area contributed by atoms with Crippen LogP contribution in [0.4, 0.5) is 0 Å². The molecule has 1 aromatic heterocycles. The van der Waals surface area contributed by atoms with Crippen LogP contribution in [0.2, 0.25) is 0 Å². The highest BCUT2D eigenvalue weighted by Crippen LogP contribution is 2.11. The zero-order valence-electron chi connectivity index (χ0n) is 5.82. The zero-order valence-corrected chi connectivity index (χ0v) is 6.63. The molecule has 1 heterocycles. The standard InChI is InChI=1S/C7H8O3S/c8-7(9)5-11-4-6-1-2-10-3-6/h1-3H,4-5H2,(H,8,9). The van der Waals surface area contributed by atoms with Gasteiger partial charge in [-0.2, -0.15) is 0 Å². The molecule has 1 aromatic rings. The number of hydrogen-bond acceptors (Lipinski definition) is 3. The van der Waals surface area contributed by atoms with E-state index in [2.05, 4.69) is 0 Å². The molecule has 11 heavy (non-hydrogen) atoms. The Kier molecular flexibility index (Phi) is 3.04. The normalized spacial score (nSPS) is 9.82. The van der Waals surface area contributed by atoms with E-state index >= 15 is 0 Å². The van der Waals surface area contributed by atoms with Gasteiger partial charge in [0.15, 0.2) is 0 Å². The maximum Gasteiger partial charge on any atom is 0.313 e. The summed E-state index contributed by atoms with van der Waals surface area (Å²) in [6, 6.07) is 1.83. The molecule has 0 aromatic carbocycles. The van der Waals surface area contributed by atoms with Crippen molar-refractivity contribution in [3.05, 3.63) is 24.2 Å². The van der Waals surface area contributed by atoms with Crippen LogP contribution in [0.25, 0.3) is 0 Å². The van der Waals surface area contributed by atoms with Crippen LogP contribution in [0.15, 0.2) is 23.0 Å². The molecule has 0 aliphatic carbocycles. The number of carboxylic acids is 1. The lowest BCUT2D eigenvalue weighted by Crippen LogP contribution is -1.97. The molecular weight excluding hydrogens is 164 g/mol. The second kappa shape index (κ2) is 4.08. The van der Waals surface area contributed by atoms with Crippen LogP contribution in [0, 0.1) is 0 Å². The number of carbonyl (C=O) groups is 1. The Hall–Kier alpha value is -0.900. The molecule has 0 radical (unpaired) electrons. The van der Waals surface area contributed by atoms with Gasteiger partial charge >= 0.3 is 5.97 Å². The Labute approximate surface area is 68.4 Å². The summed E-state index contributed by atoms with van der Waals surface area (Å²) in [7, 11) is 0. The molecule has 1 N–H and O–H groups in total. The summed E-state index contributed by atoms with van der Waals surface area (Å²) in [5, 5.41) is 8.30. The maximum atomic E-state index is 10.1. The minimum atomic E-state index is -0.779. The Balaban J connectivity index is 2.19. The monoisotopic (exact) mass is 172 g/mol. The van der Waals surface area contributed by atoms with Gasteiger partial charge in [0, 0.05) is 11.3 Å². The van der Waals surface area contributed by atoms with E-state index in [-0.39, 0.29) is 5.75 Å². The van der Waals surface area contributed by atoms with Crippen molar-refractivity contribution in [3.63, 3.8) is 0 Å². The number of aliphatic carboxylic acids is 1. The summed E-state index contributed by atoms with van der Waals surface area (Å²) in [5.74, 6) is 0.0621. The lowest BCUT2D eigenvalue weighted by molar-refractivity contribution is -0.133. The molecule has 1 rings (SSSR count). The van der Waals surface area contributed by atoms with E-state index in [1.54, 1.807) is 12.5 Å². The molecule has 0 amide bonds. The lowest BCUT2D eigenvalue weighted by atomic mass is 10.4. The van der Waals surface area contributed by atoms with Crippen LogP contribution in [-0.4, -0.2) is 16.8 Å². The molecule has 0 atom stereocenters. The van der Waals surface area contributed by atoms with Gasteiger partial charge in [-0.1, -0.05) is 0 Å². The summed E-state index contributed by atoms with van der Waals surface area (Å²) in [4.78, 5) is 10.1. The van der Waals surface area contributed by atoms with Crippen LogP contribution in [0.3, 0.4) is 0 Å². The van der Waals surface area contributed by atoms with Crippen molar-refractivity contribution in [3.8, 4) is 0 Å². The van der Waals surface area contributed by atoms with Crippen molar-refractivity contribution < 1.29 is 14.3 Å². The number of thioether (sulfide) groups is 1. The average Bonchev–Trinajstić information content (AvgIpc) is 2.39. The summed E-state index contributed by atoms with van der Waals surface area (Å²) in [6.07, 6.45) is 3.20. The molecule has 0 aliphatic rings. The molecule has 0 fully saturated rings. The summed E-state index contributed by atoms with van der Waals surface area (Å²) in [5.41, 5.74) is 1.02.